The molecule has 4 nitrogen and oxygen atoms in total. The summed E-state index contributed by atoms with van der Waals surface area (Å²) in [5.74, 6) is 1.92. The van der Waals surface area contributed by atoms with Gasteiger partial charge in [0.15, 0.2) is 5.90 Å². The van der Waals surface area contributed by atoms with E-state index in [4.69, 9.17) is 21.1 Å². The Kier molecular flexibility index (Phi) is 6.03. The van der Waals surface area contributed by atoms with Crippen LogP contribution < -0.4 is 14.9 Å². The third kappa shape index (κ3) is 4.26. The molecule has 2 heterocycles. The summed E-state index contributed by atoms with van der Waals surface area (Å²) in [6, 6.07) is 10.9. The first-order chi connectivity index (χ1) is 13.6. The number of nitrogens with zero attached hydrogens (tertiary/aromatic N) is 2. The molecule has 2 aliphatic rings. The molecule has 0 bridgehead atoms. The number of piperidine rings is 1. The van der Waals surface area contributed by atoms with Gasteiger partial charge in [-0.1, -0.05) is 26.2 Å². The molecule has 0 spiro atoms. The highest BCUT2D eigenvalue weighted by Crippen LogP contribution is 2.32. The van der Waals surface area contributed by atoms with Gasteiger partial charge in [0, 0.05) is 29.6 Å². The number of methoxy groups -OCH3 is 1. The van der Waals surface area contributed by atoms with E-state index >= 15 is 0 Å². The molecule has 148 valence electrons. The monoisotopic (exact) mass is 420 g/mol. The highest BCUT2D eigenvalue weighted by molar-refractivity contribution is 7.49. The minimum atomic E-state index is -0.255. The lowest BCUT2D eigenvalue weighted by atomic mass is 9.97. The molecule has 1 unspecified atom stereocenters. The van der Waals surface area contributed by atoms with Crippen LogP contribution in [0.5, 0.6) is 5.75 Å². The maximum atomic E-state index is 14.1. The Hall–Kier alpha value is -1.84. The van der Waals surface area contributed by atoms with Crippen molar-refractivity contribution in [1.82, 2.24) is 0 Å². The Morgan fingerprint density at radius 2 is 2.07 bits per heavy atom. The van der Waals surface area contributed by atoms with E-state index in [2.05, 4.69) is 9.89 Å². The third-order valence-corrected chi connectivity index (χ3v) is 6.81. The lowest BCUT2D eigenvalue weighted by Gasteiger charge is -2.33. The van der Waals surface area contributed by atoms with Gasteiger partial charge in [0.05, 0.1) is 25.1 Å². The van der Waals surface area contributed by atoms with Crippen molar-refractivity contribution in [2.45, 2.75) is 12.8 Å². The van der Waals surface area contributed by atoms with Crippen LogP contribution in [0.2, 0.25) is 5.02 Å². The van der Waals surface area contributed by atoms with Gasteiger partial charge in [-0.2, -0.15) is 0 Å². The van der Waals surface area contributed by atoms with E-state index in [9.17, 15) is 4.39 Å². The molecular weight excluding hydrogens is 398 g/mol. The van der Waals surface area contributed by atoms with E-state index in [0.717, 1.165) is 49.4 Å². The summed E-state index contributed by atoms with van der Waals surface area (Å²) in [5.41, 5.74) is 1.58. The Morgan fingerprint density at radius 3 is 2.82 bits per heavy atom. The van der Waals surface area contributed by atoms with E-state index in [-0.39, 0.29) is 5.82 Å². The van der Waals surface area contributed by atoms with Crippen LogP contribution in [0.1, 0.15) is 12.8 Å². The van der Waals surface area contributed by atoms with Crippen LogP contribution in [-0.4, -0.2) is 38.9 Å². The molecule has 0 radical (unpaired) electrons. The van der Waals surface area contributed by atoms with Gasteiger partial charge in [0.1, 0.15) is 11.6 Å². The van der Waals surface area contributed by atoms with E-state index < -0.39 is 0 Å². The van der Waals surface area contributed by atoms with Crippen molar-refractivity contribution in [2.24, 2.45) is 10.9 Å². The second kappa shape index (κ2) is 8.67. The number of benzene rings is 2. The van der Waals surface area contributed by atoms with Crippen LogP contribution in [-0.2, 0) is 4.74 Å². The van der Waals surface area contributed by atoms with Gasteiger partial charge in [-0.25, -0.2) is 9.38 Å². The summed E-state index contributed by atoms with van der Waals surface area (Å²) in [6.45, 7) is 2.32. The fraction of sp³-hybridized carbons (Fsp3) is 0.381. The summed E-state index contributed by atoms with van der Waals surface area (Å²) in [7, 11) is 2.27. The van der Waals surface area contributed by atoms with E-state index in [0.29, 0.717) is 31.8 Å². The maximum absolute atomic E-state index is 14.1. The number of rotatable bonds is 4. The highest BCUT2D eigenvalue weighted by atomic mass is 35.5. The second-order valence-electron chi connectivity index (χ2n) is 7.05. The zero-order chi connectivity index (χ0) is 19.5. The zero-order valence-corrected chi connectivity index (χ0v) is 17.5. The lowest BCUT2D eigenvalue weighted by Crippen LogP contribution is -2.36. The molecule has 0 aromatic heterocycles. The number of anilines is 1. The van der Waals surface area contributed by atoms with Gasteiger partial charge in [0.2, 0.25) is 0 Å². The molecule has 1 fully saturated rings. The molecule has 1 saturated heterocycles. The van der Waals surface area contributed by atoms with Gasteiger partial charge >= 0.3 is 0 Å². The van der Waals surface area contributed by atoms with Crippen molar-refractivity contribution in [3.63, 3.8) is 0 Å². The van der Waals surface area contributed by atoms with Gasteiger partial charge in [-0.15, -0.1) is 0 Å². The van der Waals surface area contributed by atoms with Gasteiger partial charge in [-0.3, -0.25) is 0 Å². The minimum Gasteiger partial charge on any atom is -0.493 e. The summed E-state index contributed by atoms with van der Waals surface area (Å²) in [5, 5.41) is 1.61. The largest absolute Gasteiger partial charge is 0.493 e. The SMILES string of the molecule is COC1=Nc2cccc(OCC3CCN(c4ccc(Cl)cc4F)CC3)c2PC1. The smallest absolute Gasteiger partial charge is 0.192 e. The van der Waals surface area contributed by atoms with Crippen molar-refractivity contribution in [2.75, 3.05) is 37.9 Å². The van der Waals surface area contributed by atoms with Crippen molar-refractivity contribution in [1.29, 1.82) is 0 Å². The molecule has 4 rings (SSSR count). The number of hydrogen-bond acceptors (Lipinski definition) is 4. The van der Waals surface area contributed by atoms with E-state index in [1.807, 2.05) is 18.2 Å². The van der Waals surface area contributed by atoms with Gasteiger partial charge in [0.25, 0.3) is 0 Å². The Morgan fingerprint density at radius 1 is 1.25 bits per heavy atom. The number of hydrogen-bond donors (Lipinski definition) is 0. The predicted octanol–water partition coefficient (Wildman–Crippen LogP) is 4.77. The molecule has 0 N–H and O–H groups in total. The highest BCUT2D eigenvalue weighted by Gasteiger charge is 2.23. The molecule has 28 heavy (non-hydrogen) atoms. The minimum absolute atomic E-state index is 0.255. The number of halogens is 2. The van der Waals surface area contributed by atoms with Crippen molar-refractivity contribution < 1.29 is 13.9 Å². The van der Waals surface area contributed by atoms with E-state index in [1.54, 1.807) is 19.2 Å². The fourth-order valence-corrected chi connectivity index (χ4v) is 5.01. The molecule has 2 aliphatic heterocycles. The maximum Gasteiger partial charge on any atom is 0.192 e. The molecular formula is C21H23ClFN2O2P. The first kappa shape index (κ1) is 19.5. The summed E-state index contributed by atoms with van der Waals surface area (Å²) in [4.78, 5) is 6.64. The topological polar surface area (TPSA) is 34.1 Å². The standard InChI is InChI=1S/C21H23ClFN2O2P/c1-26-20-13-28-21-17(24-20)3-2-4-19(21)27-12-14-7-9-25(10-8-14)18-6-5-15(22)11-16(18)23/h2-6,11,14,28H,7-10,12-13H2,1H3. The van der Waals surface area contributed by atoms with Gasteiger partial charge in [-0.05, 0) is 49.1 Å². The first-order valence-corrected chi connectivity index (χ1v) is 11.0. The van der Waals surface area contributed by atoms with Crippen molar-refractivity contribution >= 4 is 42.8 Å². The average Bonchev–Trinajstić information content (AvgIpc) is 2.72. The Labute approximate surface area is 171 Å². The van der Waals surface area contributed by atoms with Crippen LogP contribution in [0.4, 0.5) is 15.8 Å². The molecule has 1 atom stereocenters. The average molecular weight is 421 g/mol. The summed E-state index contributed by atoms with van der Waals surface area (Å²) >= 11 is 5.86. The third-order valence-electron chi connectivity index (χ3n) is 5.24. The fourth-order valence-electron chi connectivity index (χ4n) is 3.65. The number of aliphatic imine (C=N–C) groups is 1. The van der Waals surface area contributed by atoms with Crippen molar-refractivity contribution in [3.05, 3.63) is 47.2 Å². The summed E-state index contributed by atoms with van der Waals surface area (Å²) in [6.07, 6.45) is 2.78. The molecule has 0 amide bonds. The number of ether oxygens (including phenoxy) is 2. The Balaban J connectivity index is 1.35. The molecule has 2 aromatic rings. The molecule has 7 heteroatoms. The Bertz CT molecular complexity index is 885. The molecule has 2 aromatic carbocycles. The van der Waals surface area contributed by atoms with Crippen LogP contribution in [0.3, 0.4) is 0 Å². The lowest BCUT2D eigenvalue weighted by molar-refractivity contribution is 0.224. The number of fused-ring (bicyclic) bond motifs is 1. The predicted molar refractivity (Wildman–Crippen MR) is 115 cm³/mol. The second-order valence-corrected chi connectivity index (χ2v) is 8.69. The van der Waals surface area contributed by atoms with Crippen molar-refractivity contribution in [3.8, 4) is 5.75 Å². The molecule has 0 aliphatic carbocycles. The van der Waals surface area contributed by atoms with Gasteiger partial charge < -0.3 is 14.4 Å². The normalized spacial score (nSPS) is 18.0. The quantitative estimate of drug-likeness (QED) is 0.668. The first-order valence-electron chi connectivity index (χ1n) is 9.45. The van der Waals surface area contributed by atoms with Crippen LogP contribution in [0, 0.1) is 11.7 Å². The zero-order valence-electron chi connectivity index (χ0n) is 15.8. The van der Waals surface area contributed by atoms with Crippen LogP contribution >= 0.6 is 20.2 Å². The van der Waals surface area contributed by atoms with E-state index in [1.165, 1.54) is 11.4 Å². The molecule has 0 saturated carbocycles. The van der Waals surface area contributed by atoms with Crippen LogP contribution in [0.25, 0.3) is 0 Å². The summed E-state index contributed by atoms with van der Waals surface area (Å²) < 4.78 is 25.6. The van der Waals surface area contributed by atoms with Crippen LogP contribution in [0.15, 0.2) is 41.4 Å².